The van der Waals surface area contributed by atoms with Crippen LogP contribution >= 0.6 is 15.9 Å². The van der Waals surface area contributed by atoms with Gasteiger partial charge in [-0.3, -0.25) is 14.5 Å². The molecule has 0 aliphatic carbocycles. The number of nitrogens with one attached hydrogen (secondary N) is 1. The van der Waals surface area contributed by atoms with Crippen molar-refractivity contribution in [1.82, 2.24) is 15.1 Å². The normalized spacial score (nSPS) is 20.1. The van der Waals surface area contributed by atoms with Gasteiger partial charge in [0.05, 0.1) is 6.54 Å². The van der Waals surface area contributed by atoms with Gasteiger partial charge >= 0.3 is 6.03 Å². The number of amides is 3. The third-order valence-corrected chi connectivity index (χ3v) is 5.58. The molecule has 1 aromatic rings. The van der Waals surface area contributed by atoms with Crippen molar-refractivity contribution in [3.8, 4) is 0 Å². The maximum absolute atomic E-state index is 12.9. The SMILES string of the molecule is CC(C)CN1CCC2(CC1)NC(=O)N(CC(=O)c1ccc(Br)cc1)C2=O. The molecular formula is C19H24BrN3O3. The number of Topliss-reactive ketones (excluding diaryl/α,β-unsaturated/α-hetero) is 1. The van der Waals surface area contributed by atoms with E-state index in [1.54, 1.807) is 24.3 Å². The molecule has 1 aromatic carbocycles. The number of imide groups is 1. The van der Waals surface area contributed by atoms with Crippen LogP contribution in [0.3, 0.4) is 0 Å². The lowest BCUT2D eigenvalue weighted by Crippen LogP contribution is -2.55. The Labute approximate surface area is 162 Å². The zero-order valence-electron chi connectivity index (χ0n) is 15.1. The maximum atomic E-state index is 12.9. The standard InChI is InChI=1S/C19H24BrN3O3/c1-13(2)11-22-9-7-19(8-10-22)17(25)23(18(26)21-19)12-16(24)14-3-5-15(20)6-4-14/h3-6,13H,7-12H2,1-2H3,(H,21,26). The Morgan fingerprint density at radius 2 is 1.81 bits per heavy atom. The molecule has 3 rings (SSSR count). The van der Waals surface area contributed by atoms with Gasteiger partial charge in [-0.05, 0) is 30.9 Å². The summed E-state index contributed by atoms with van der Waals surface area (Å²) < 4.78 is 0.871. The smallest absolute Gasteiger partial charge is 0.323 e. The van der Waals surface area contributed by atoms with E-state index in [0.29, 0.717) is 24.3 Å². The van der Waals surface area contributed by atoms with Crippen molar-refractivity contribution in [1.29, 1.82) is 0 Å². The Morgan fingerprint density at radius 1 is 1.19 bits per heavy atom. The van der Waals surface area contributed by atoms with Crippen LogP contribution in [-0.2, 0) is 4.79 Å². The van der Waals surface area contributed by atoms with Gasteiger partial charge in [0.25, 0.3) is 5.91 Å². The molecule has 1 N–H and O–H groups in total. The van der Waals surface area contributed by atoms with Crippen molar-refractivity contribution in [2.75, 3.05) is 26.2 Å². The van der Waals surface area contributed by atoms with E-state index < -0.39 is 11.6 Å². The van der Waals surface area contributed by atoms with Crippen LogP contribution in [0.1, 0.15) is 37.0 Å². The van der Waals surface area contributed by atoms with Gasteiger partial charge in [-0.1, -0.05) is 41.9 Å². The number of piperidine rings is 1. The molecule has 26 heavy (non-hydrogen) atoms. The number of urea groups is 1. The number of carbonyl (C=O) groups is 3. The quantitative estimate of drug-likeness (QED) is 0.585. The molecule has 6 nitrogen and oxygen atoms in total. The van der Waals surface area contributed by atoms with Gasteiger partial charge in [0.1, 0.15) is 5.54 Å². The largest absolute Gasteiger partial charge is 0.325 e. The molecule has 0 saturated carbocycles. The number of nitrogens with zero attached hydrogens (tertiary/aromatic N) is 2. The second kappa shape index (κ2) is 7.48. The van der Waals surface area contributed by atoms with Crippen LogP contribution in [0.5, 0.6) is 0 Å². The van der Waals surface area contributed by atoms with E-state index in [-0.39, 0.29) is 18.2 Å². The van der Waals surface area contributed by atoms with Crippen LogP contribution in [0, 0.1) is 5.92 Å². The molecule has 7 heteroatoms. The summed E-state index contributed by atoms with van der Waals surface area (Å²) in [5.74, 6) is 0.0606. The highest BCUT2D eigenvalue weighted by atomic mass is 79.9. The van der Waals surface area contributed by atoms with E-state index in [1.165, 1.54) is 0 Å². The van der Waals surface area contributed by atoms with Crippen molar-refractivity contribution in [2.24, 2.45) is 5.92 Å². The fourth-order valence-electron chi connectivity index (χ4n) is 3.66. The summed E-state index contributed by atoms with van der Waals surface area (Å²) in [6, 6.07) is 6.45. The molecular weight excluding hydrogens is 398 g/mol. The van der Waals surface area contributed by atoms with E-state index in [9.17, 15) is 14.4 Å². The summed E-state index contributed by atoms with van der Waals surface area (Å²) in [4.78, 5) is 41.1. The summed E-state index contributed by atoms with van der Waals surface area (Å²) in [6.07, 6.45) is 1.18. The van der Waals surface area contributed by atoms with Gasteiger partial charge in [0, 0.05) is 29.7 Å². The number of ketones is 1. The van der Waals surface area contributed by atoms with Crippen molar-refractivity contribution >= 4 is 33.7 Å². The summed E-state index contributed by atoms with van der Waals surface area (Å²) in [7, 11) is 0. The first-order chi connectivity index (χ1) is 12.3. The maximum Gasteiger partial charge on any atom is 0.325 e. The molecule has 140 valence electrons. The van der Waals surface area contributed by atoms with Gasteiger partial charge in [0.2, 0.25) is 0 Å². The average Bonchev–Trinajstić information content (AvgIpc) is 2.81. The zero-order valence-corrected chi connectivity index (χ0v) is 16.7. The molecule has 1 spiro atoms. The third-order valence-electron chi connectivity index (χ3n) is 5.05. The molecule has 2 heterocycles. The second-order valence-electron chi connectivity index (χ2n) is 7.53. The minimum absolute atomic E-state index is 0.218. The van der Waals surface area contributed by atoms with Gasteiger partial charge in [0.15, 0.2) is 5.78 Å². The van der Waals surface area contributed by atoms with E-state index in [2.05, 4.69) is 40.0 Å². The first-order valence-corrected chi connectivity index (χ1v) is 9.75. The van der Waals surface area contributed by atoms with Crippen LogP contribution < -0.4 is 5.32 Å². The lowest BCUT2D eigenvalue weighted by molar-refractivity contribution is -0.132. The lowest BCUT2D eigenvalue weighted by Gasteiger charge is -2.37. The number of hydrogen-bond acceptors (Lipinski definition) is 4. The predicted molar refractivity (Wildman–Crippen MR) is 102 cm³/mol. The van der Waals surface area contributed by atoms with Crippen LogP contribution in [-0.4, -0.2) is 59.2 Å². The van der Waals surface area contributed by atoms with E-state index in [4.69, 9.17) is 0 Å². The van der Waals surface area contributed by atoms with Crippen molar-refractivity contribution in [3.63, 3.8) is 0 Å². The Kier molecular flexibility index (Phi) is 5.48. The molecule has 2 aliphatic heterocycles. The van der Waals surface area contributed by atoms with Crippen molar-refractivity contribution in [2.45, 2.75) is 32.2 Å². The molecule has 0 aromatic heterocycles. The number of halogens is 1. The summed E-state index contributed by atoms with van der Waals surface area (Å²) in [6.45, 7) is 6.66. The van der Waals surface area contributed by atoms with Crippen molar-refractivity contribution in [3.05, 3.63) is 34.3 Å². The Balaban J connectivity index is 1.66. The highest BCUT2D eigenvalue weighted by molar-refractivity contribution is 9.10. The molecule has 0 bridgehead atoms. The zero-order chi connectivity index (χ0) is 18.9. The molecule has 0 unspecified atom stereocenters. The lowest BCUT2D eigenvalue weighted by atomic mass is 9.87. The van der Waals surface area contributed by atoms with E-state index in [1.807, 2.05) is 0 Å². The number of hydrogen-bond donors (Lipinski definition) is 1. The monoisotopic (exact) mass is 421 g/mol. The van der Waals surface area contributed by atoms with Gasteiger partial charge < -0.3 is 10.2 Å². The van der Waals surface area contributed by atoms with E-state index >= 15 is 0 Å². The molecule has 0 atom stereocenters. The minimum Gasteiger partial charge on any atom is -0.323 e. The van der Waals surface area contributed by atoms with Crippen LogP contribution in [0.4, 0.5) is 4.79 Å². The number of likely N-dealkylation sites (tertiary alicyclic amines) is 1. The summed E-state index contributed by atoms with van der Waals surface area (Å²) in [5, 5.41) is 2.86. The fraction of sp³-hybridized carbons (Fsp3) is 0.526. The third kappa shape index (κ3) is 3.83. The second-order valence-corrected chi connectivity index (χ2v) is 8.44. The highest BCUT2D eigenvalue weighted by Crippen LogP contribution is 2.30. The topological polar surface area (TPSA) is 69.7 Å². The Hall–Kier alpha value is -1.73. The van der Waals surface area contributed by atoms with Gasteiger partial charge in [-0.15, -0.1) is 0 Å². The fourth-order valence-corrected chi connectivity index (χ4v) is 3.93. The summed E-state index contributed by atoms with van der Waals surface area (Å²) in [5.41, 5.74) is -0.355. The Morgan fingerprint density at radius 3 is 2.38 bits per heavy atom. The van der Waals surface area contributed by atoms with Gasteiger partial charge in [-0.2, -0.15) is 0 Å². The highest BCUT2D eigenvalue weighted by Gasteiger charge is 2.52. The molecule has 0 radical (unpaired) electrons. The minimum atomic E-state index is -0.843. The van der Waals surface area contributed by atoms with Gasteiger partial charge in [-0.25, -0.2) is 4.79 Å². The molecule has 2 aliphatic rings. The predicted octanol–water partition coefficient (Wildman–Crippen LogP) is 2.67. The molecule has 2 saturated heterocycles. The van der Waals surface area contributed by atoms with Crippen LogP contribution in [0.15, 0.2) is 28.7 Å². The molecule has 2 fully saturated rings. The first kappa shape index (κ1) is 19.0. The first-order valence-electron chi connectivity index (χ1n) is 8.96. The number of benzene rings is 1. The number of rotatable bonds is 5. The number of carbonyl (C=O) groups excluding carboxylic acids is 3. The van der Waals surface area contributed by atoms with Crippen LogP contribution in [0.25, 0.3) is 0 Å². The average molecular weight is 422 g/mol. The van der Waals surface area contributed by atoms with Crippen molar-refractivity contribution < 1.29 is 14.4 Å². The Bertz CT molecular complexity index is 709. The molecule has 3 amide bonds. The van der Waals surface area contributed by atoms with Crippen LogP contribution in [0.2, 0.25) is 0 Å². The summed E-state index contributed by atoms with van der Waals surface area (Å²) >= 11 is 3.33. The van der Waals surface area contributed by atoms with E-state index in [0.717, 1.165) is 29.0 Å².